The summed E-state index contributed by atoms with van der Waals surface area (Å²) in [5.74, 6) is 2.65. The van der Waals surface area contributed by atoms with Gasteiger partial charge in [-0.2, -0.15) is 0 Å². The molecule has 1 aromatic carbocycles. The molecular weight excluding hydrogens is 431 g/mol. The summed E-state index contributed by atoms with van der Waals surface area (Å²) in [4.78, 5) is 26.8. The quantitative estimate of drug-likeness (QED) is 0.610. The summed E-state index contributed by atoms with van der Waals surface area (Å²) in [5, 5.41) is 1.28. The molecule has 2 aromatic rings. The number of rotatable bonds is 5. The number of hydrogen-bond donors (Lipinski definition) is 0. The number of aryl methyl sites for hydroxylation is 1. The van der Waals surface area contributed by atoms with E-state index in [1.807, 2.05) is 24.0 Å². The van der Waals surface area contributed by atoms with Crippen LogP contribution in [0, 0.1) is 12.8 Å². The van der Waals surface area contributed by atoms with Crippen LogP contribution in [0.25, 0.3) is 0 Å². The van der Waals surface area contributed by atoms with Gasteiger partial charge in [0.15, 0.2) is 0 Å². The molecule has 1 saturated heterocycles. The topological polar surface area (TPSA) is 49.3 Å². The lowest BCUT2D eigenvalue weighted by Gasteiger charge is -2.39. The fraction of sp³-hybridized carbons (Fsp3) is 0.542. The van der Waals surface area contributed by atoms with Crippen LogP contribution in [0.4, 0.5) is 5.82 Å². The molecule has 5 nitrogen and oxygen atoms in total. The van der Waals surface area contributed by atoms with E-state index in [1.165, 1.54) is 6.42 Å². The number of halogens is 2. The van der Waals surface area contributed by atoms with E-state index >= 15 is 0 Å². The molecule has 166 valence electrons. The molecule has 1 aliphatic carbocycles. The smallest absolute Gasteiger partial charge is 0.225 e. The van der Waals surface area contributed by atoms with Crippen LogP contribution in [0.15, 0.2) is 18.2 Å². The van der Waals surface area contributed by atoms with Crippen LogP contribution in [0.2, 0.25) is 10.0 Å². The SMILES string of the molecule is Cc1nc(C(C)C)nc(N2CCN(C(=O)C3CCC3)CC2)c1Cc1ccc(Cl)cc1Cl. The molecule has 0 atom stereocenters. The third-order valence-corrected chi connectivity index (χ3v) is 7.04. The van der Waals surface area contributed by atoms with Crippen molar-refractivity contribution in [3.8, 4) is 0 Å². The van der Waals surface area contributed by atoms with Crippen LogP contribution in [0.1, 0.15) is 61.7 Å². The number of nitrogens with zero attached hydrogens (tertiary/aromatic N) is 4. The summed E-state index contributed by atoms with van der Waals surface area (Å²) < 4.78 is 0. The van der Waals surface area contributed by atoms with Gasteiger partial charge >= 0.3 is 0 Å². The number of benzene rings is 1. The first-order valence-electron chi connectivity index (χ1n) is 11.2. The maximum atomic E-state index is 12.7. The highest BCUT2D eigenvalue weighted by atomic mass is 35.5. The third kappa shape index (κ3) is 4.83. The second kappa shape index (κ2) is 9.33. The Morgan fingerprint density at radius 3 is 2.42 bits per heavy atom. The molecular formula is C24H30Cl2N4O. The van der Waals surface area contributed by atoms with Gasteiger partial charge in [-0.3, -0.25) is 4.79 Å². The zero-order valence-electron chi connectivity index (χ0n) is 18.5. The summed E-state index contributed by atoms with van der Waals surface area (Å²) in [6.45, 7) is 9.34. The van der Waals surface area contributed by atoms with E-state index in [4.69, 9.17) is 33.2 Å². The van der Waals surface area contributed by atoms with Crippen LogP contribution in [0.3, 0.4) is 0 Å². The van der Waals surface area contributed by atoms with E-state index in [-0.39, 0.29) is 11.8 Å². The van der Waals surface area contributed by atoms with Gasteiger partial charge in [-0.1, -0.05) is 49.5 Å². The summed E-state index contributed by atoms with van der Waals surface area (Å²) in [6, 6.07) is 5.62. The van der Waals surface area contributed by atoms with E-state index in [1.54, 1.807) is 6.07 Å². The van der Waals surface area contributed by atoms with Crippen molar-refractivity contribution in [3.63, 3.8) is 0 Å². The maximum Gasteiger partial charge on any atom is 0.225 e. The van der Waals surface area contributed by atoms with Crippen LogP contribution in [-0.2, 0) is 11.2 Å². The minimum atomic E-state index is 0.243. The molecule has 1 aromatic heterocycles. The molecule has 1 aliphatic heterocycles. The minimum Gasteiger partial charge on any atom is -0.353 e. The summed E-state index contributed by atoms with van der Waals surface area (Å²) >= 11 is 12.6. The Morgan fingerprint density at radius 1 is 1.13 bits per heavy atom. The molecule has 7 heteroatoms. The van der Waals surface area contributed by atoms with Gasteiger partial charge in [-0.15, -0.1) is 0 Å². The molecule has 31 heavy (non-hydrogen) atoms. The Morgan fingerprint density at radius 2 is 1.84 bits per heavy atom. The van der Waals surface area contributed by atoms with E-state index in [2.05, 4.69) is 18.7 Å². The number of carbonyl (C=O) groups excluding carboxylic acids is 1. The predicted octanol–water partition coefficient (Wildman–Crippen LogP) is 5.25. The summed E-state index contributed by atoms with van der Waals surface area (Å²) in [6.07, 6.45) is 3.93. The second-order valence-corrected chi connectivity index (χ2v) is 9.82. The molecule has 1 amide bonds. The fourth-order valence-electron chi connectivity index (χ4n) is 4.24. The van der Waals surface area contributed by atoms with Crippen molar-refractivity contribution in [1.82, 2.24) is 14.9 Å². The maximum absolute atomic E-state index is 12.7. The molecule has 0 spiro atoms. The number of carbonyl (C=O) groups is 1. The lowest BCUT2D eigenvalue weighted by molar-refractivity contribution is -0.138. The summed E-state index contributed by atoms with van der Waals surface area (Å²) in [5.41, 5.74) is 3.08. The number of hydrogen-bond acceptors (Lipinski definition) is 4. The molecule has 0 bridgehead atoms. The molecule has 1 saturated carbocycles. The van der Waals surface area contributed by atoms with E-state index < -0.39 is 0 Å². The molecule has 2 fully saturated rings. The first-order chi connectivity index (χ1) is 14.8. The lowest BCUT2D eigenvalue weighted by Crippen LogP contribution is -2.51. The Bertz CT molecular complexity index is 966. The first-order valence-corrected chi connectivity index (χ1v) is 11.9. The second-order valence-electron chi connectivity index (χ2n) is 8.98. The average Bonchev–Trinajstić information content (AvgIpc) is 2.69. The van der Waals surface area contributed by atoms with Crippen LogP contribution < -0.4 is 4.90 Å². The van der Waals surface area contributed by atoms with Crippen molar-refractivity contribution in [2.75, 3.05) is 31.1 Å². The molecule has 2 heterocycles. The molecule has 0 unspecified atom stereocenters. The van der Waals surface area contributed by atoms with Gasteiger partial charge < -0.3 is 9.80 Å². The van der Waals surface area contributed by atoms with Crippen molar-refractivity contribution >= 4 is 34.9 Å². The minimum absolute atomic E-state index is 0.243. The van der Waals surface area contributed by atoms with Crippen LogP contribution in [-0.4, -0.2) is 47.0 Å². The van der Waals surface area contributed by atoms with Gasteiger partial charge in [0.05, 0.1) is 0 Å². The number of amides is 1. The van der Waals surface area contributed by atoms with Crippen LogP contribution >= 0.6 is 23.2 Å². The number of aromatic nitrogens is 2. The van der Waals surface area contributed by atoms with Gasteiger partial charge in [-0.25, -0.2) is 9.97 Å². The third-order valence-electron chi connectivity index (χ3n) is 6.45. The van der Waals surface area contributed by atoms with Crippen LogP contribution in [0.5, 0.6) is 0 Å². The van der Waals surface area contributed by atoms with Gasteiger partial charge in [0.2, 0.25) is 5.91 Å². The van der Waals surface area contributed by atoms with Gasteiger partial charge in [0.25, 0.3) is 0 Å². The fourth-order valence-corrected chi connectivity index (χ4v) is 4.71. The van der Waals surface area contributed by atoms with E-state index in [9.17, 15) is 4.79 Å². The Kier molecular flexibility index (Phi) is 6.73. The van der Waals surface area contributed by atoms with E-state index in [0.29, 0.717) is 22.4 Å². The van der Waals surface area contributed by atoms with Gasteiger partial charge in [-0.05, 0) is 37.5 Å². The Hall–Kier alpha value is -1.85. The van der Waals surface area contributed by atoms with E-state index in [0.717, 1.165) is 67.5 Å². The highest BCUT2D eigenvalue weighted by molar-refractivity contribution is 6.35. The first kappa shape index (κ1) is 22.3. The number of piperazine rings is 1. The monoisotopic (exact) mass is 460 g/mol. The Labute approximate surface area is 194 Å². The highest BCUT2D eigenvalue weighted by Crippen LogP contribution is 2.32. The Balaban J connectivity index is 1.60. The number of anilines is 1. The van der Waals surface area contributed by atoms with Gasteiger partial charge in [0.1, 0.15) is 11.6 Å². The molecule has 0 radical (unpaired) electrons. The average molecular weight is 461 g/mol. The van der Waals surface area contributed by atoms with Crippen molar-refractivity contribution in [3.05, 3.63) is 50.9 Å². The largest absolute Gasteiger partial charge is 0.353 e. The zero-order chi connectivity index (χ0) is 22.1. The summed E-state index contributed by atoms with van der Waals surface area (Å²) in [7, 11) is 0. The van der Waals surface area contributed by atoms with Crippen molar-refractivity contribution in [2.45, 2.75) is 52.4 Å². The molecule has 4 rings (SSSR count). The standard InChI is InChI=1S/C24H30Cl2N4O/c1-15(2)22-27-16(3)20(13-18-7-8-19(25)14-21(18)26)23(28-22)29-9-11-30(12-10-29)24(31)17-5-4-6-17/h7-8,14-15,17H,4-6,9-13H2,1-3H3. The normalized spacial score (nSPS) is 17.2. The zero-order valence-corrected chi connectivity index (χ0v) is 20.0. The highest BCUT2D eigenvalue weighted by Gasteiger charge is 2.32. The lowest BCUT2D eigenvalue weighted by atomic mass is 9.84. The van der Waals surface area contributed by atoms with Crippen molar-refractivity contribution in [2.24, 2.45) is 5.92 Å². The van der Waals surface area contributed by atoms with Gasteiger partial charge in [0, 0.05) is 65.7 Å². The molecule has 0 N–H and O–H groups in total. The molecule has 2 aliphatic rings. The van der Waals surface area contributed by atoms with Crippen molar-refractivity contribution in [1.29, 1.82) is 0 Å². The predicted molar refractivity (Wildman–Crippen MR) is 126 cm³/mol. The van der Waals surface area contributed by atoms with Crippen molar-refractivity contribution < 1.29 is 4.79 Å².